The van der Waals surface area contributed by atoms with Gasteiger partial charge < -0.3 is 14.5 Å². The second kappa shape index (κ2) is 5.54. The average molecular weight is 251 g/mol. The molecule has 1 atom stereocenters. The summed E-state index contributed by atoms with van der Waals surface area (Å²) in [5.41, 5.74) is 1.13. The lowest BCUT2D eigenvalue weighted by Crippen LogP contribution is -2.28. The number of nitrogens with one attached hydrogen (secondary N) is 1. The third-order valence-corrected chi connectivity index (χ3v) is 3.17. The molecule has 2 aromatic heterocycles. The highest BCUT2D eigenvalue weighted by molar-refractivity contribution is 7.08. The fourth-order valence-corrected chi connectivity index (χ4v) is 2.32. The first-order valence-corrected chi connectivity index (χ1v) is 6.13. The summed E-state index contributed by atoms with van der Waals surface area (Å²) in [6.45, 7) is 0.455. The molecule has 0 saturated carbocycles. The van der Waals surface area contributed by atoms with Crippen LogP contribution in [0.1, 0.15) is 17.2 Å². The number of thiophene rings is 1. The number of ether oxygens (including phenoxy) is 1. The normalized spacial score (nSPS) is 12.1. The SMILES string of the molecule is COC(=O)NCC(c1ccsc1)c1ccco1. The summed E-state index contributed by atoms with van der Waals surface area (Å²) < 4.78 is 9.96. The molecule has 0 aliphatic rings. The van der Waals surface area contributed by atoms with Gasteiger partial charge in [0, 0.05) is 6.54 Å². The first kappa shape index (κ1) is 11.7. The van der Waals surface area contributed by atoms with Crippen LogP contribution in [0.25, 0.3) is 0 Å². The van der Waals surface area contributed by atoms with E-state index in [1.54, 1.807) is 17.6 Å². The number of rotatable bonds is 4. The predicted molar refractivity (Wildman–Crippen MR) is 65.3 cm³/mol. The number of carbonyl (C=O) groups is 1. The predicted octanol–water partition coefficient (Wildman–Crippen LogP) is 2.83. The van der Waals surface area contributed by atoms with Crippen LogP contribution in [-0.4, -0.2) is 19.7 Å². The van der Waals surface area contributed by atoms with Gasteiger partial charge in [-0.1, -0.05) is 0 Å². The Hall–Kier alpha value is -1.75. The molecular formula is C12H13NO3S. The Balaban J connectivity index is 2.11. The average Bonchev–Trinajstić information content (AvgIpc) is 3.01. The van der Waals surface area contributed by atoms with Gasteiger partial charge in [0.15, 0.2) is 0 Å². The monoisotopic (exact) mass is 251 g/mol. The van der Waals surface area contributed by atoms with Gasteiger partial charge in [-0.15, -0.1) is 0 Å². The van der Waals surface area contributed by atoms with E-state index < -0.39 is 6.09 Å². The molecule has 0 radical (unpaired) electrons. The molecule has 1 amide bonds. The lowest BCUT2D eigenvalue weighted by molar-refractivity contribution is 0.170. The van der Waals surface area contributed by atoms with E-state index >= 15 is 0 Å². The van der Waals surface area contributed by atoms with Crippen LogP contribution in [0.4, 0.5) is 4.79 Å². The Morgan fingerprint density at radius 2 is 2.47 bits per heavy atom. The molecule has 0 spiro atoms. The zero-order valence-corrected chi connectivity index (χ0v) is 10.2. The minimum Gasteiger partial charge on any atom is -0.469 e. The highest BCUT2D eigenvalue weighted by Crippen LogP contribution is 2.26. The molecule has 4 nitrogen and oxygen atoms in total. The molecule has 0 aliphatic carbocycles. The lowest BCUT2D eigenvalue weighted by Gasteiger charge is -2.13. The van der Waals surface area contributed by atoms with E-state index in [4.69, 9.17) is 4.42 Å². The molecule has 0 aliphatic heterocycles. The van der Waals surface area contributed by atoms with Crippen molar-refractivity contribution in [3.63, 3.8) is 0 Å². The molecule has 2 heterocycles. The summed E-state index contributed by atoms with van der Waals surface area (Å²) in [7, 11) is 1.35. The van der Waals surface area contributed by atoms with Crippen molar-refractivity contribution in [2.45, 2.75) is 5.92 Å². The molecule has 0 saturated heterocycles. The fraction of sp³-hybridized carbons (Fsp3) is 0.250. The van der Waals surface area contributed by atoms with E-state index in [2.05, 4.69) is 10.1 Å². The Bertz CT molecular complexity index is 416. The first-order valence-electron chi connectivity index (χ1n) is 5.18. The summed E-state index contributed by atoms with van der Waals surface area (Å²) in [4.78, 5) is 11.1. The van der Waals surface area contributed by atoms with E-state index in [0.29, 0.717) is 6.54 Å². The van der Waals surface area contributed by atoms with Crippen LogP contribution in [0.3, 0.4) is 0 Å². The summed E-state index contributed by atoms with van der Waals surface area (Å²) in [6, 6.07) is 5.77. The standard InChI is InChI=1S/C12H13NO3S/c1-15-12(14)13-7-10(9-4-6-17-8-9)11-3-2-5-16-11/h2-6,8,10H,7H2,1H3,(H,13,14). The van der Waals surface area contributed by atoms with Crippen molar-refractivity contribution in [3.8, 4) is 0 Å². The van der Waals surface area contributed by atoms with Gasteiger partial charge in [-0.25, -0.2) is 4.79 Å². The maximum Gasteiger partial charge on any atom is 0.406 e. The van der Waals surface area contributed by atoms with Crippen molar-refractivity contribution >= 4 is 17.4 Å². The van der Waals surface area contributed by atoms with Gasteiger partial charge in [-0.05, 0) is 34.5 Å². The lowest BCUT2D eigenvalue weighted by atomic mass is 10.00. The number of alkyl carbamates (subject to hydrolysis) is 1. The Kier molecular flexibility index (Phi) is 3.82. The summed E-state index contributed by atoms with van der Waals surface area (Å²) in [5, 5.41) is 6.74. The molecule has 17 heavy (non-hydrogen) atoms. The first-order chi connectivity index (χ1) is 8.31. The van der Waals surface area contributed by atoms with Gasteiger partial charge in [-0.2, -0.15) is 11.3 Å². The summed E-state index contributed by atoms with van der Waals surface area (Å²) in [5.74, 6) is 0.857. The number of hydrogen-bond donors (Lipinski definition) is 1. The maximum atomic E-state index is 11.1. The van der Waals surface area contributed by atoms with Gasteiger partial charge in [0.1, 0.15) is 5.76 Å². The van der Waals surface area contributed by atoms with Crippen molar-refractivity contribution in [1.82, 2.24) is 5.32 Å². The molecule has 0 bridgehead atoms. The largest absolute Gasteiger partial charge is 0.469 e. The van der Waals surface area contributed by atoms with Crippen LogP contribution in [0.2, 0.25) is 0 Å². The molecule has 0 fully saturated rings. The third-order valence-electron chi connectivity index (χ3n) is 2.47. The van der Waals surface area contributed by atoms with E-state index in [0.717, 1.165) is 11.3 Å². The zero-order chi connectivity index (χ0) is 12.1. The van der Waals surface area contributed by atoms with E-state index in [1.165, 1.54) is 7.11 Å². The smallest absolute Gasteiger partial charge is 0.406 e. The molecule has 2 rings (SSSR count). The molecule has 1 unspecified atom stereocenters. The highest BCUT2D eigenvalue weighted by Gasteiger charge is 2.18. The van der Waals surface area contributed by atoms with Gasteiger partial charge in [0.2, 0.25) is 0 Å². The topological polar surface area (TPSA) is 51.5 Å². The quantitative estimate of drug-likeness (QED) is 0.909. The Morgan fingerprint density at radius 1 is 1.59 bits per heavy atom. The van der Waals surface area contributed by atoms with Gasteiger partial charge in [0.05, 0.1) is 19.3 Å². The molecular weight excluding hydrogens is 238 g/mol. The second-order valence-electron chi connectivity index (χ2n) is 3.50. The van der Waals surface area contributed by atoms with Crippen LogP contribution in [-0.2, 0) is 4.74 Å². The number of hydrogen-bond acceptors (Lipinski definition) is 4. The summed E-state index contributed by atoms with van der Waals surface area (Å²) >= 11 is 1.62. The molecule has 90 valence electrons. The number of furan rings is 1. The van der Waals surface area contributed by atoms with Crippen LogP contribution in [0, 0.1) is 0 Å². The third kappa shape index (κ3) is 2.88. The van der Waals surface area contributed by atoms with Crippen molar-refractivity contribution in [2.24, 2.45) is 0 Å². The number of carbonyl (C=O) groups excluding carboxylic acids is 1. The van der Waals surface area contributed by atoms with Gasteiger partial charge in [0.25, 0.3) is 0 Å². The molecule has 0 aromatic carbocycles. The van der Waals surface area contributed by atoms with Crippen LogP contribution in [0.5, 0.6) is 0 Å². The highest BCUT2D eigenvalue weighted by atomic mass is 32.1. The Morgan fingerprint density at radius 3 is 3.06 bits per heavy atom. The minimum atomic E-state index is -0.434. The van der Waals surface area contributed by atoms with Crippen LogP contribution < -0.4 is 5.32 Å². The van der Waals surface area contributed by atoms with Crippen molar-refractivity contribution in [1.29, 1.82) is 0 Å². The Labute approximate surface area is 103 Å². The molecule has 2 aromatic rings. The maximum absolute atomic E-state index is 11.1. The molecule has 5 heteroatoms. The van der Waals surface area contributed by atoms with Gasteiger partial charge >= 0.3 is 6.09 Å². The minimum absolute atomic E-state index is 0.0235. The van der Waals surface area contributed by atoms with Crippen molar-refractivity contribution in [3.05, 3.63) is 46.5 Å². The van der Waals surface area contributed by atoms with Crippen LogP contribution in [0.15, 0.2) is 39.6 Å². The molecule has 1 N–H and O–H groups in total. The number of amides is 1. The van der Waals surface area contributed by atoms with E-state index in [-0.39, 0.29) is 5.92 Å². The van der Waals surface area contributed by atoms with Gasteiger partial charge in [-0.3, -0.25) is 0 Å². The number of methoxy groups -OCH3 is 1. The fourth-order valence-electron chi connectivity index (χ4n) is 1.60. The van der Waals surface area contributed by atoms with E-state index in [1.807, 2.05) is 29.0 Å². The zero-order valence-electron chi connectivity index (χ0n) is 9.38. The summed E-state index contributed by atoms with van der Waals surface area (Å²) in [6.07, 6.45) is 1.20. The van der Waals surface area contributed by atoms with E-state index in [9.17, 15) is 4.79 Å². The van der Waals surface area contributed by atoms with Crippen LogP contribution >= 0.6 is 11.3 Å². The van der Waals surface area contributed by atoms with Crippen molar-refractivity contribution in [2.75, 3.05) is 13.7 Å². The second-order valence-corrected chi connectivity index (χ2v) is 4.28. The van der Waals surface area contributed by atoms with Crippen molar-refractivity contribution < 1.29 is 13.9 Å².